The highest BCUT2D eigenvalue weighted by Gasteiger charge is 2.40. The molecule has 0 aromatic carbocycles. The lowest BCUT2D eigenvalue weighted by Gasteiger charge is -2.42. The fourth-order valence-corrected chi connectivity index (χ4v) is 2.95. The second-order valence-electron chi connectivity index (χ2n) is 5.81. The van der Waals surface area contributed by atoms with Crippen molar-refractivity contribution in [3.63, 3.8) is 0 Å². The first-order chi connectivity index (χ1) is 9.61. The van der Waals surface area contributed by atoms with E-state index in [4.69, 9.17) is 9.47 Å². The molecule has 1 N–H and O–H groups in total. The van der Waals surface area contributed by atoms with Crippen molar-refractivity contribution in [1.82, 2.24) is 15.1 Å². The molecule has 1 atom stereocenters. The van der Waals surface area contributed by atoms with E-state index in [-0.39, 0.29) is 11.6 Å². The number of nitrogens with one attached hydrogen (secondary N) is 1. The van der Waals surface area contributed by atoms with Crippen LogP contribution in [0, 0.1) is 0 Å². The third kappa shape index (κ3) is 3.22. The topological polar surface area (TPSA) is 48.3 Å². The molecule has 2 rings (SSSR count). The molecule has 1 aromatic rings. The van der Waals surface area contributed by atoms with E-state index < -0.39 is 0 Å². The van der Waals surface area contributed by atoms with Crippen molar-refractivity contribution < 1.29 is 9.47 Å². The lowest BCUT2D eigenvalue weighted by molar-refractivity contribution is -0.109. The van der Waals surface area contributed by atoms with Crippen LogP contribution in [0.1, 0.15) is 38.4 Å². The molecule has 1 saturated heterocycles. The van der Waals surface area contributed by atoms with E-state index in [9.17, 15) is 0 Å². The minimum absolute atomic E-state index is 0.144. The molecule has 1 aliphatic rings. The third-order valence-electron chi connectivity index (χ3n) is 4.34. The predicted molar refractivity (Wildman–Crippen MR) is 79.0 cm³/mol. The van der Waals surface area contributed by atoms with Gasteiger partial charge in [0.2, 0.25) is 0 Å². The Kier molecular flexibility index (Phi) is 5.18. The lowest BCUT2D eigenvalue weighted by Crippen LogP contribution is -2.55. The summed E-state index contributed by atoms with van der Waals surface area (Å²) in [5.41, 5.74) is 0.968. The van der Waals surface area contributed by atoms with E-state index in [1.807, 2.05) is 18.8 Å². The van der Waals surface area contributed by atoms with Crippen molar-refractivity contribution in [2.24, 2.45) is 0 Å². The van der Waals surface area contributed by atoms with Gasteiger partial charge in [0, 0.05) is 57.9 Å². The lowest BCUT2D eigenvalue weighted by atomic mass is 9.83. The number of rotatable bonds is 6. The fourth-order valence-electron chi connectivity index (χ4n) is 2.95. The average Bonchev–Trinajstić information content (AvgIpc) is 2.94. The Labute approximate surface area is 121 Å². The maximum absolute atomic E-state index is 5.88. The summed E-state index contributed by atoms with van der Waals surface area (Å²) in [5.74, 6) is 0. The Hall–Kier alpha value is -0.910. The predicted octanol–water partition coefficient (Wildman–Crippen LogP) is 1.79. The van der Waals surface area contributed by atoms with Crippen LogP contribution in [0.15, 0.2) is 12.3 Å². The molecule has 0 bridgehead atoms. The highest BCUT2D eigenvalue weighted by molar-refractivity contribution is 5.07. The SMILES string of the molecule is CNC(Cc1ccn(C(C)C)n1)C1(OC)CCOCC1. The number of likely N-dealkylation sites (N-methyl/N-ethyl adjacent to an activating group) is 1. The Balaban J connectivity index is 2.10. The summed E-state index contributed by atoms with van der Waals surface area (Å²) < 4.78 is 13.4. The molecule has 0 spiro atoms. The first-order valence-corrected chi connectivity index (χ1v) is 7.45. The minimum atomic E-state index is -0.144. The molecule has 1 unspecified atom stereocenters. The summed E-state index contributed by atoms with van der Waals surface area (Å²) in [6.45, 7) is 5.82. The number of nitrogens with zero attached hydrogens (tertiary/aromatic N) is 2. The van der Waals surface area contributed by atoms with Crippen molar-refractivity contribution >= 4 is 0 Å². The Morgan fingerprint density at radius 2 is 2.15 bits per heavy atom. The van der Waals surface area contributed by atoms with Gasteiger partial charge in [0.15, 0.2) is 0 Å². The molecule has 1 fully saturated rings. The number of aromatic nitrogens is 2. The normalized spacial score (nSPS) is 20.2. The van der Waals surface area contributed by atoms with Crippen LogP contribution in [0.5, 0.6) is 0 Å². The molecule has 2 heterocycles. The van der Waals surface area contributed by atoms with Crippen LogP contribution < -0.4 is 5.32 Å². The Bertz CT molecular complexity index is 411. The van der Waals surface area contributed by atoms with E-state index in [2.05, 4.69) is 36.5 Å². The van der Waals surface area contributed by atoms with Gasteiger partial charge >= 0.3 is 0 Å². The second kappa shape index (κ2) is 6.70. The van der Waals surface area contributed by atoms with Gasteiger partial charge in [-0.3, -0.25) is 4.68 Å². The van der Waals surface area contributed by atoms with Crippen LogP contribution in [-0.4, -0.2) is 48.8 Å². The standard InChI is InChI=1S/C15H27N3O2/c1-12(2)18-8-5-13(17-18)11-14(16-3)15(19-4)6-9-20-10-7-15/h5,8,12,14,16H,6-7,9-11H2,1-4H3. The van der Waals surface area contributed by atoms with E-state index in [0.29, 0.717) is 6.04 Å². The fraction of sp³-hybridized carbons (Fsp3) is 0.800. The number of hydrogen-bond acceptors (Lipinski definition) is 4. The molecule has 0 saturated carbocycles. The summed E-state index contributed by atoms with van der Waals surface area (Å²) in [7, 11) is 3.81. The van der Waals surface area contributed by atoms with Crippen LogP contribution in [-0.2, 0) is 15.9 Å². The van der Waals surface area contributed by atoms with Crippen molar-refractivity contribution in [2.75, 3.05) is 27.4 Å². The van der Waals surface area contributed by atoms with Gasteiger partial charge in [-0.25, -0.2) is 0 Å². The minimum Gasteiger partial charge on any atom is -0.381 e. The molecule has 0 radical (unpaired) electrons. The Morgan fingerprint density at radius 3 is 2.65 bits per heavy atom. The molecule has 0 amide bonds. The third-order valence-corrected chi connectivity index (χ3v) is 4.34. The number of hydrogen-bond donors (Lipinski definition) is 1. The molecule has 5 heteroatoms. The van der Waals surface area contributed by atoms with Gasteiger partial charge in [0.05, 0.1) is 11.3 Å². The van der Waals surface area contributed by atoms with Gasteiger partial charge < -0.3 is 14.8 Å². The largest absolute Gasteiger partial charge is 0.381 e. The van der Waals surface area contributed by atoms with E-state index in [1.54, 1.807) is 0 Å². The molecule has 5 nitrogen and oxygen atoms in total. The summed E-state index contributed by atoms with van der Waals surface area (Å²) in [6.07, 6.45) is 4.79. The zero-order valence-electron chi connectivity index (χ0n) is 13.1. The highest BCUT2D eigenvalue weighted by Crippen LogP contribution is 2.29. The molecule has 1 aliphatic heterocycles. The highest BCUT2D eigenvalue weighted by atomic mass is 16.5. The quantitative estimate of drug-likeness (QED) is 0.863. The summed E-state index contributed by atoms with van der Waals surface area (Å²) >= 11 is 0. The first-order valence-electron chi connectivity index (χ1n) is 7.45. The van der Waals surface area contributed by atoms with Crippen LogP contribution in [0.25, 0.3) is 0 Å². The Morgan fingerprint density at radius 1 is 1.45 bits per heavy atom. The molecular formula is C15H27N3O2. The summed E-state index contributed by atoms with van der Waals surface area (Å²) in [4.78, 5) is 0. The smallest absolute Gasteiger partial charge is 0.0878 e. The summed E-state index contributed by atoms with van der Waals surface area (Å²) in [6, 6.07) is 2.76. The molecule has 20 heavy (non-hydrogen) atoms. The molecule has 114 valence electrons. The van der Waals surface area contributed by atoms with Gasteiger partial charge in [0.1, 0.15) is 0 Å². The van der Waals surface area contributed by atoms with E-state index >= 15 is 0 Å². The van der Waals surface area contributed by atoms with Crippen molar-refractivity contribution in [3.8, 4) is 0 Å². The van der Waals surface area contributed by atoms with Gasteiger partial charge in [-0.15, -0.1) is 0 Å². The van der Waals surface area contributed by atoms with Crippen LogP contribution >= 0.6 is 0 Å². The number of ether oxygens (including phenoxy) is 2. The summed E-state index contributed by atoms with van der Waals surface area (Å²) in [5, 5.41) is 8.07. The van der Waals surface area contributed by atoms with Crippen LogP contribution in [0.2, 0.25) is 0 Å². The van der Waals surface area contributed by atoms with Gasteiger partial charge in [-0.1, -0.05) is 0 Å². The van der Waals surface area contributed by atoms with Crippen molar-refractivity contribution in [3.05, 3.63) is 18.0 Å². The maximum atomic E-state index is 5.88. The van der Waals surface area contributed by atoms with Gasteiger partial charge in [-0.05, 0) is 27.0 Å². The monoisotopic (exact) mass is 281 g/mol. The van der Waals surface area contributed by atoms with Crippen LogP contribution in [0.3, 0.4) is 0 Å². The zero-order chi connectivity index (χ0) is 14.6. The molecule has 1 aromatic heterocycles. The van der Waals surface area contributed by atoms with Crippen molar-refractivity contribution in [1.29, 1.82) is 0 Å². The average molecular weight is 281 g/mol. The van der Waals surface area contributed by atoms with E-state index in [1.165, 1.54) is 0 Å². The van der Waals surface area contributed by atoms with E-state index in [0.717, 1.165) is 38.2 Å². The zero-order valence-corrected chi connectivity index (χ0v) is 13.1. The first kappa shape index (κ1) is 15.5. The van der Waals surface area contributed by atoms with Gasteiger partial charge in [-0.2, -0.15) is 5.10 Å². The maximum Gasteiger partial charge on any atom is 0.0878 e. The molecular weight excluding hydrogens is 254 g/mol. The number of methoxy groups -OCH3 is 1. The molecule has 0 aliphatic carbocycles. The van der Waals surface area contributed by atoms with Gasteiger partial charge in [0.25, 0.3) is 0 Å². The second-order valence-corrected chi connectivity index (χ2v) is 5.81. The van der Waals surface area contributed by atoms with Crippen LogP contribution in [0.4, 0.5) is 0 Å². The van der Waals surface area contributed by atoms with Crippen molar-refractivity contribution in [2.45, 2.75) is 50.8 Å².